The Kier molecular flexibility index (Phi) is 2.04. The van der Waals surface area contributed by atoms with E-state index in [1.807, 2.05) is 13.8 Å². The molecule has 56 valence electrons. The normalized spacial score (nSPS) is 24.9. The topological polar surface area (TPSA) is 29.1 Å². The second-order valence-corrected chi connectivity index (χ2v) is 3.77. The van der Waals surface area contributed by atoms with E-state index in [0.29, 0.717) is 5.37 Å². The van der Waals surface area contributed by atoms with Crippen molar-refractivity contribution in [3.8, 4) is 0 Å². The molecule has 0 aromatic rings. The maximum atomic E-state index is 10.9. The molecule has 2 nitrogen and oxygen atoms in total. The third-order valence-corrected chi connectivity index (χ3v) is 2.68. The van der Waals surface area contributed by atoms with Gasteiger partial charge in [-0.25, -0.2) is 0 Å². The maximum absolute atomic E-state index is 10.9. The Balaban J connectivity index is 2.76. The fourth-order valence-corrected chi connectivity index (χ4v) is 2.00. The van der Waals surface area contributed by atoms with Gasteiger partial charge in [-0.05, 0) is 20.8 Å². The number of hydrogen-bond acceptors (Lipinski definition) is 3. The quantitative estimate of drug-likeness (QED) is 0.625. The second kappa shape index (κ2) is 2.66. The van der Waals surface area contributed by atoms with Gasteiger partial charge >= 0.3 is 0 Å². The average molecular weight is 157 g/mol. The van der Waals surface area contributed by atoms with Gasteiger partial charge in [-0.15, -0.1) is 0 Å². The molecule has 0 aromatic heterocycles. The van der Waals surface area contributed by atoms with Gasteiger partial charge in [-0.3, -0.25) is 4.79 Å². The molecular weight excluding hydrogens is 146 g/mol. The van der Waals surface area contributed by atoms with Gasteiger partial charge in [0.1, 0.15) is 0 Å². The lowest BCUT2D eigenvalue weighted by Gasteiger charge is -2.00. The standard InChI is InChI=1S/C7H11NOS/c1-4-7(5(2)9)10-6(3)8-4/h6,8H,1-3H3. The molecule has 0 saturated carbocycles. The molecule has 1 rings (SSSR count). The lowest BCUT2D eigenvalue weighted by molar-refractivity contribution is -0.113. The first-order valence-corrected chi connectivity index (χ1v) is 4.14. The van der Waals surface area contributed by atoms with Crippen LogP contribution in [0, 0.1) is 0 Å². The minimum absolute atomic E-state index is 0.166. The average Bonchev–Trinajstić information content (AvgIpc) is 2.10. The van der Waals surface area contributed by atoms with Crippen molar-refractivity contribution in [2.75, 3.05) is 0 Å². The number of allylic oxidation sites excluding steroid dienone is 2. The molecule has 1 N–H and O–H groups in total. The first kappa shape index (κ1) is 7.66. The minimum atomic E-state index is 0.166. The van der Waals surface area contributed by atoms with Crippen molar-refractivity contribution >= 4 is 17.5 Å². The molecule has 1 atom stereocenters. The Bertz CT molecular complexity index is 198. The summed E-state index contributed by atoms with van der Waals surface area (Å²) in [5.74, 6) is 0.166. The summed E-state index contributed by atoms with van der Waals surface area (Å²) in [6, 6.07) is 0. The van der Waals surface area contributed by atoms with Crippen LogP contribution >= 0.6 is 11.8 Å². The number of thioether (sulfide) groups is 1. The third kappa shape index (κ3) is 1.34. The molecule has 1 aliphatic heterocycles. The van der Waals surface area contributed by atoms with Gasteiger partial charge in [-0.1, -0.05) is 11.8 Å². The van der Waals surface area contributed by atoms with E-state index in [9.17, 15) is 4.79 Å². The molecular formula is C7H11NOS. The summed E-state index contributed by atoms with van der Waals surface area (Å²) in [7, 11) is 0. The van der Waals surface area contributed by atoms with E-state index in [1.54, 1.807) is 18.7 Å². The highest BCUT2D eigenvalue weighted by Crippen LogP contribution is 2.29. The fourth-order valence-electron chi connectivity index (χ4n) is 1.01. The number of ketones is 1. The monoisotopic (exact) mass is 157 g/mol. The SMILES string of the molecule is CC(=O)C1=C(C)NC(C)S1. The first-order valence-electron chi connectivity index (χ1n) is 3.26. The number of rotatable bonds is 1. The number of carbonyl (C=O) groups is 1. The molecule has 0 spiro atoms. The Morgan fingerprint density at radius 2 is 2.30 bits per heavy atom. The van der Waals surface area contributed by atoms with Gasteiger partial charge in [0.2, 0.25) is 0 Å². The number of hydrogen-bond donors (Lipinski definition) is 1. The number of Topliss-reactive ketones (excluding diaryl/α,β-unsaturated/α-hetero) is 1. The zero-order chi connectivity index (χ0) is 7.72. The van der Waals surface area contributed by atoms with E-state index in [1.165, 1.54) is 0 Å². The number of carbonyl (C=O) groups excluding carboxylic acids is 1. The van der Waals surface area contributed by atoms with E-state index < -0.39 is 0 Å². The van der Waals surface area contributed by atoms with E-state index in [0.717, 1.165) is 10.6 Å². The van der Waals surface area contributed by atoms with E-state index in [-0.39, 0.29) is 5.78 Å². The minimum Gasteiger partial charge on any atom is -0.376 e. The summed E-state index contributed by atoms with van der Waals surface area (Å²) >= 11 is 1.60. The van der Waals surface area contributed by atoms with Crippen molar-refractivity contribution in [1.29, 1.82) is 0 Å². The van der Waals surface area contributed by atoms with E-state index in [2.05, 4.69) is 5.32 Å². The van der Waals surface area contributed by atoms with E-state index in [4.69, 9.17) is 0 Å². The van der Waals surface area contributed by atoms with Crippen LogP contribution in [0.2, 0.25) is 0 Å². The lowest BCUT2D eigenvalue weighted by Crippen LogP contribution is -2.14. The maximum Gasteiger partial charge on any atom is 0.167 e. The van der Waals surface area contributed by atoms with Crippen LogP contribution in [0.3, 0.4) is 0 Å². The molecule has 0 amide bonds. The Morgan fingerprint density at radius 1 is 1.70 bits per heavy atom. The highest BCUT2D eigenvalue weighted by atomic mass is 32.2. The summed E-state index contributed by atoms with van der Waals surface area (Å²) in [6.07, 6.45) is 0. The summed E-state index contributed by atoms with van der Waals surface area (Å²) in [5, 5.41) is 3.53. The zero-order valence-electron chi connectivity index (χ0n) is 6.39. The Morgan fingerprint density at radius 3 is 2.50 bits per heavy atom. The molecule has 1 aliphatic rings. The Labute approximate surface area is 65.1 Å². The highest BCUT2D eigenvalue weighted by molar-refractivity contribution is 8.04. The summed E-state index contributed by atoms with van der Waals surface area (Å²) in [5.41, 5.74) is 1.02. The molecule has 0 saturated heterocycles. The van der Waals surface area contributed by atoms with Gasteiger partial charge < -0.3 is 5.32 Å². The van der Waals surface area contributed by atoms with Gasteiger partial charge in [0, 0.05) is 5.70 Å². The van der Waals surface area contributed by atoms with Crippen molar-refractivity contribution in [3.63, 3.8) is 0 Å². The third-order valence-electron chi connectivity index (χ3n) is 1.37. The van der Waals surface area contributed by atoms with Crippen LogP contribution in [-0.2, 0) is 4.79 Å². The molecule has 1 unspecified atom stereocenters. The predicted octanol–water partition coefficient (Wildman–Crippen LogP) is 1.49. The first-order chi connectivity index (χ1) is 4.61. The second-order valence-electron chi connectivity index (χ2n) is 2.41. The van der Waals surface area contributed by atoms with Gasteiger partial charge in [0.05, 0.1) is 10.3 Å². The van der Waals surface area contributed by atoms with Crippen molar-refractivity contribution < 1.29 is 4.79 Å². The molecule has 0 aromatic carbocycles. The van der Waals surface area contributed by atoms with Crippen LogP contribution in [0.4, 0.5) is 0 Å². The van der Waals surface area contributed by atoms with E-state index >= 15 is 0 Å². The van der Waals surface area contributed by atoms with Crippen molar-refractivity contribution in [3.05, 3.63) is 10.6 Å². The van der Waals surface area contributed by atoms with Crippen LogP contribution in [-0.4, -0.2) is 11.2 Å². The summed E-state index contributed by atoms with van der Waals surface area (Å²) in [4.78, 5) is 11.8. The molecule has 10 heavy (non-hydrogen) atoms. The molecule has 0 aliphatic carbocycles. The van der Waals surface area contributed by atoms with Gasteiger partial charge in [0.25, 0.3) is 0 Å². The molecule has 1 heterocycles. The van der Waals surface area contributed by atoms with Crippen LogP contribution < -0.4 is 5.32 Å². The van der Waals surface area contributed by atoms with Gasteiger partial charge in [-0.2, -0.15) is 0 Å². The van der Waals surface area contributed by atoms with Crippen LogP contribution in [0.25, 0.3) is 0 Å². The number of nitrogens with one attached hydrogen (secondary N) is 1. The molecule has 3 heteroatoms. The highest BCUT2D eigenvalue weighted by Gasteiger charge is 2.20. The fraction of sp³-hybridized carbons (Fsp3) is 0.571. The largest absolute Gasteiger partial charge is 0.376 e. The van der Waals surface area contributed by atoms with Crippen LogP contribution in [0.15, 0.2) is 10.6 Å². The summed E-state index contributed by atoms with van der Waals surface area (Å²) in [6.45, 7) is 5.59. The smallest absolute Gasteiger partial charge is 0.167 e. The molecule has 0 bridgehead atoms. The molecule has 0 radical (unpaired) electrons. The lowest BCUT2D eigenvalue weighted by atomic mass is 10.3. The van der Waals surface area contributed by atoms with Crippen molar-refractivity contribution in [2.45, 2.75) is 26.1 Å². The molecule has 0 fully saturated rings. The Hall–Kier alpha value is -0.440. The van der Waals surface area contributed by atoms with Crippen LogP contribution in [0.5, 0.6) is 0 Å². The van der Waals surface area contributed by atoms with Crippen molar-refractivity contribution in [2.24, 2.45) is 0 Å². The summed E-state index contributed by atoms with van der Waals surface area (Å²) < 4.78 is 0. The van der Waals surface area contributed by atoms with Crippen LogP contribution in [0.1, 0.15) is 20.8 Å². The van der Waals surface area contributed by atoms with Crippen molar-refractivity contribution in [1.82, 2.24) is 5.32 Å². The van der Waals surface area contributed by atoms with Gasteiger partial charge in [0.15, 0.2) is 5.78 Å². The predicted molar refractivity (Wildman–Crippen MR) is 43.6 cm³/mol. The zero-order valence-corrected chi connectivity index (χ0v) is 7.21.